The number of nitrogens with zero attached hydrogens (tertiary/aromatic N) is 2. The highest BCUT2D eigenvalue weighted by molar-refractivity contribution is 6.33. The molecule has 176 valence electrons. The predicted octanol–water partition coefficient (Wildman–Crippen LogP) is 3.24. The van der Waals surface area contributed by atoms with Crippen molar-refractivity contribution >= 4 is 34.9 Å². The zero-order valence-corrected chi connectivity index (χ0v) is 19.5. The highest BCUT2D eigenvalue weighted by Crippen LogP contribution is 2.32. The van der Waals surface area contributed by atoms with Crippen LogP contribution < -0.4 is 25.6 Å². The van der Waals surface area contributed by atoms with Gasteiger partial charge in [-0.05, 0) is 50.2 Å². The number of carbonyl (C=O) groups is 2. The van der Waals surface area contributed by atoms with E-state index in [2.05, 4.69) is 26.9 Å². The lowest BCUT2D eigenvalue weighted by atomic mass is 10.0. The quantitative estimate of drug-likeness (QED) is 0.577. The largest absolute Gasteiger partial charge is 0.496 e. The van der Waals surface area contributed by atoms with Crippen molar-refractivity contribution in [1.82, 2.24) is 15.5 Å². The van der Waals surface area contributed by atoms with Crippen LogP contribution >= 0.6 is 11.6 Å². The first-order chi connectivity index (χ1) is 16.0. The van der Waals surface area contributed by atoms with Crippen molar-refractivity contribution in [1.29, 1.82) is 0 Å². The number of hydrogen-bond acceptors (Lipinski definition) is 5. The van der Waals surface area contributed by atoms with Crippen molar-refractivity contribution < 1.29 is 14.3 Å². The summed E-state index contributed by atoms with van der Waals surface area (Å²) in [4.78, 5) is 28.7. The molecule has 1 unspecified atom stereocenters. The average molecular weight is 472 g/mol. The Labute approximate surface area is 199 Å². The number of likely N-dealkylation sites (tertiary alicyclic amines) is 1. The smallest absolute Gasteiger partial charge is 0.319 e. The van der Waals surface area contributed by atoms with Crippen LogP contribution in [0.4, 0.5) is 16.2 Å². The van der Waals surface area contributed by atoms with Crippen LogP contribution in [0.1, 0.15) is 24.4 Å². The average Bonchev–Trinajstić information content (AvgIpc) is 3.34. The van der Waals surface area contributed by atoms with Crippen LogP contribution in [0.15, 0.2) is 42.5 Å². The summed E-state index contributed by atoms with van der Waals surface area (Å²) in [6.07, 6.45) is 2.31. The van der Waals surface area contributed by atoms with Crippen LogP contribution in [-0.4, -0.2) is 63.2 Å². The summed E-state index contributed by atoms with van der Waals surface area (Å²) in [7, 11) is 1.67. The van der Waals surface area contributed by atoms with E-state index in [1.54, 1.807) is 19.2 Å². The Hall–Kier alpha value is -2.97. The monoisotopic (exact) mass is 471 g/mol. The van der Waals surface area contributed by atoms with Crippen molar-refractivity contribution in [3.8, 4) is 5.75 Å². The van der Waals surface area contributed by atoms with E-state index in [-0.39, 0.29) is 24.5 Å². The molecular weight excluding hydrogens is 442 g/mol. The van der Waals surface area contributed by atoms with E-state index in [1.807, 2.05) is 29.2 Å². The summed E-state index contributed by atoms with van der Waals surface area (Å²) >= 11 is 6.46. The van der Waals surface area contributed by atoms with Gasteiger partial charge in [0.1, 0.15) is 5.75 Å². The topological polar surface area (TPSA) is 85.9 Å². The van der Waals surface area contributed by atoms with Crippen molar-refractivity contribution in [3.63, 3.8) is 0 Å². The van der Waals surface area contributed by atoms with Crippen LogP contribution in [0.5, 0.6) is 5.75 Å². The molecule has 2 aromatic rings. The third-order valence-electron chi connectivity index (χ3n) is 6.12. The maximum absolute atomic E-state index is 12.7. The highest BCUT2D eigenvalue weighted by atomic mass is 35.5. The minimum Gasteiger partial charge on any atom is -0.496 e. The number of nitrogens with one attached hydrogen (secondary N) is 3. The molecule has 2 aliphatic rings. The number of rotatable bonds is 7. The normalized spacial score (nSPS) is 17.4. The SMILES string of the molecule is COc1ccccc1C(CNC(=O)Nc1ccc(N2CCNC(=O)C2)c(Cl)c1)N1CCCC1. The second kappa shape index (κ2) is 10.8. The Kier molecular flexibility index (Phi) is 7.57. The van der Waals surface area contributed by atoms with Gasteiger partial charge in [-0.1, -0.05) is 29.8 Å². The molecule has 4 rings (SSSR count). The van der Waals surface area contributed by atoms with Gasteiger partial charge in [0.15, 0.2) is 0 Å². The van der Waals surface area contributed by atoms with Gasteiger partial charge >= 0.3 is 6.03 Å². The van der Waals surface area contributed by atoms with Gasteiger partial charge < -0.3 is 25.6 Å². The standard InChI is InChI=1S/C24H30ClN5O3/c1-33-22-7-3-2-6-18(22)21(29-11-4-5-12-29)15-27-24(32)28-17-8-9-20(19(25)14-17)30-13-10-26-23(31)16-30/h2-3,6-9,14,21H,4-5,10-13,15-16H2,1H3,(H,26,31)(H2,27,28,32). The minimum absolute atomic E-state index is 0.0264. The molecule has 0 aromatic heterocycles. The van der Waals surface area contributed by atoms with Gasteiger partial charge in [-0.3, -0.25) is 9.69 Å². The maximum Gasteiger partial charge on any atom is 0.319 e. The van der Waals surface area contributed by atoms with Gasteiger partial charge in [0.05, 0.1) is 30.4 Å². The van der Waals surface area contributed by atoms with Crippen LogP contribution in [-0.2, 0) is 4.79 Å². The number of ether oxygens (including phenoxy) is 1. The summed E-state index contributed by atoms with van der Waals surface area (Å²) in [6.45, 7) is 4.01. The molecule has 2 heterocycles. The Bertz CT molecular complexity index is 996. The van der Waals surface area contributed by atoms with Gasteiger partial charge in [-0.15, -0.1) is 0 Å². The van der Waals surface area contributed by atoms with Crippen molar-refractivity contribution in [2.75, 3.05) is 56.6 Å². The number of carbonyl (C=O) groups excluding carboxylic acids is 2. The van der Waals surface area contributed by atoms with E-state index in [9.17, 15) is 9.59 Å². The molecule has 0 saturated carbocycles. The molecule has 2 saturated heterocycles. The van der Waals surface area contributed by atoms with E-state index in [0.29, 0.717) is 30.3 Å². The Morgan fingerprint density at radius 2 is 1.97 bits per heavy atom. The molecule has 0 radical (unpaired) electrons. The summed E-state index contributed by atoms with van der Waals surface area (Å²) in [6, 6.07) is 13.0. The number of benzene rings is 2. The summed E-state index contributed by atoms with van der Waals surface area (Å²) in [5, 5.41) is 9.17. The summed E-state index contributed by atoms with van der Waals surface area (Å²) < 4.78 is 5.57. The van der Waals surface area contributed by atoms with Crippen LogP contribution in [0.2, 0.25) is 5.02 Å². The van der Waals surface area contributed by atoms with Crippen LogP contribution in [0.25, 0.3) is 0 Å². The molecule has 9 heteroatoms. The number of halogens is 1. The fourth-order valence-corrected chi connectivity index (χ4v) is 4.78. The number of amides is 3. The molecule has 0 bridgehead atoms. The first-order valence-corrected chi connectivity index (χ1v) is 11.7. The van der Waals surface area contributed by atoms with E-state index in [1.165, 1.54) is 0 Å². The number of anilines is 2. The van der Waals surface area contributed by atoms with Crippen molar-refractivity contribution in [3.05, 3.63) is 53.1 Å². The lowest BCUT2D eigenvalue weighted by Gasteiger charge is -2.30. The highest BCUT2D eigenvalue weighted by Gasteiger charge is 2.26. The Morgan fingerprint density at radius 1 is 1.18 bits per heavy atom. The maximum atomic E-state index is 12.7. The minimum atomic E-state index is -0.296. The molecule has 2 fully saturated rings. The van der Waals surface area contributed by atoms with Crippen molar-refractivity contribution in [2.24, 2.45) is 0 Å². The Morgan fingerprint density at radius 3 is 2.70 bits per heavy atom. The molecule has 33 heavy (non-hydrogen) atoms. The zero-order valence-electron chi connectivity index (χ0n) is 18.8. The number of para-hydroxylation sites is 1. The number of methoxy groups -OCH3 is 1. The summed E-state index contributed by atoms with van der Waals surface area (Å²) in [5.74, 6) is 0.798. The van der Waals surface area contributed by atoms with E-state index >= 15 is 0 Å². The fourth-order valence-electron chi connectivity index (χ4n) is 4.48. The van der Waals surface area contributed by atoms with Gasteiger partial charge in [0.25, 0.3) is 0 Å². The molecule has 1 atom stereocenters. The first-order valence-electron chi connectivity index (χ1n) is 11.3. The van der Waals surface area contributed by atoms with Gasteiger partial charge in [-0.25, -0.2) is 4.79 Å². The lowest BCUT2D eigenvalue weighted by Crippen LogP contribution is -2.47. The molecule has 2 aromatic carbocycles. The second-order valence-electron chi connectivity index (χ2n) is 8.27. The summed E-state index contributed by atoms with van der Waals surface area (Å²) in [5.41, 5.74) is 2.45. The lowest BCUT2D eigenvalue weighted by molar-refractivity contribution is -0.120. The Balaban J connectivity index is 1.40. The van der Waals surface area contributed by atoms with Crippen LogP contribution in [0.3, 0.4) is 0 Å². The van der Waals surface area contributed by atoms with E-state index in [4.69, 9.17) is 16.3 Å². The molecule has 0 spiro atoms. The molecule has 3 amide bonds. The molecule has 8 nitrogen and oxygen atoms in total. The van der Waals surface area contributed by atoms with Gasteiger partial charge in [-0.2, -0.15) is 0 Å². The number of piperazine rings is 1. The van der Waals surface area contributed by atoms with Crippen molar-refractivity contribution in [2.45, 2.75) is 18.9 Å². The van der Waals surface area contributed by atoms with E-state index < -0.39 is 0 Å². The molecule has 0 aliphatic carbocycles. The van der Waals surface area contributed by atoms with Crippen LogP contribution in [0, 0.1) is 0 Å². The third-order valence-corrected chi connectivity index (χ3v) is 6.42. The zero-order chi connectivity index (χ0) is 23.2. The molecule has 3 N–H and O–H groups in total. The first kappa shape index (κ1) is 23.2. The number of hydrogen-bond donors (Lipinski definition) is 3. The van der Waals surface area contributed by atoms with Gasteiger partial charge in [0.2, 0.25) is 5.91 Å². The molecular formula is C24H30ClN5O3. The number of urea groups is 1. The fraction of sp³-hybridized carbons (Fsp3) is 0.417. The van der Waals surface area contributed by atoms with Gasteiger partial charge in [0, 0.05) is 30.9 Å². The third kappa shape index (κ3) is 5.69. The molecule has 2 aliphatic heterocycles. The van der Waals surface area contributed by atoms with E-state index in [0.717, 1.165) is 42.9 Å². The predicted molar refractivity (Wildman–Crippen MR) is 130 cm³/mol. The second-order valence-corrected chi connectivity index (χ2v) is 8.68.